The Hall–Kier alpha value is -4.64. The van der Waals surface area contributed by atoms with Gasteiger partial charge in [-0.25, -0.2) is 4.79 Å². The molecule has 0 fully saturated rings. The average Bonchev–Trinajstić information content (AvgIpc) is 3.58. The predicted octanol–water partition coefficient (Wildman–Crippen LogP) is 1.98. The minimum absolute atomic E-state index is 0.0440. The molecule has 8 N–H and O–H groups in total. The van der Waals surface area contributed by atoms with Crippen molar-refractivity contribution in [2.75, 3.05) is 6.54 Å². The van der Waals surface area contributed by atoms with E-state index in [0.717, 1.165) is 32.9 Å². The van der Waals surface area contributed by atoms with Gasteiger partial charge in [-0.1, -0.05) is 56.7 Å². The number of carbonyl (C=O) groups excluding carboxylic acids is 3. The zero-order chi connectivity index (χ0) is 29.5. The van der Waals surface area contributed by atoms with E-state index >= 15 is 0 Å². The lowest BCUT2D eigenvalue weighted by Crippen LogP contribution is -2.55. The van der Waals surface area contributed by atoms with Crippen LogP contribution in [0.3, 0.4) is 0 Å². The molecule has 0 bridgehead atoms. The number of aliphatic carboxylic acids is 1. The van der Waals surface area contributed by atoms with Gasteiger partial charge in [-0.15, -0.1) is 0 Å². The quantitative estimate of drug-likeness (QED) is 0.131. The largest absolute Gasteiger partial charge is 0.480 e. The number of amides is 3. The summed E-state index contributed by atoms with van der Waals surface area (Å²) in [5, 5.41) is 19.5. The van der Waals surface area contributed by atoms with Gasteiger partial charge in [0.15, 0.2) is 0 Å². The second-order valence-corrected chi connectivity index (χ2v) is 10.3. The molecule has 41 heavy (non-hydrogen) atoms. The van der Waals surface area contributed by atoms with Crippen LogP contribution in [0.15, 0.2) is 60.9 Å². The van der Waals surface area contributed by atoms with Gasteiger partial charge in [0.1, 0.15) is 12.1 Å². The first-order valence-corrected chi connectivity index (χ1v) is 13.6. The van der Waals surface area contributed by atoms with Crippen molar-refractivity contribution in [3.8, 4) is 0 Å². The number of carbonyl (C=O) groups is 4. The summed E-state index contributed by atoms with van der Waals surface area (Å²) in [5.41, 5.74) is 9.19. The van der Waals surface area contributed by atoms with Crippen LogP contribution in [0.1, 0.15) is 31.4 Å². The molecule has 11 heteroatoms. The first kappa shape index (κ1) is 29.3. The molecule has 0 aliphatic carbocycles. The van der Waals surface area contributed by atoms with Gasteiger partial charge < -0.3 is 36.8 Å². The number of carboxylic acids is 1. The van der Waals surface area contributed by atoms with E-state index in [1.54, 1.807) is 12.4 Å². The second-order valence-electron chi connectivity index (χ2n) is 10.3. The van der Waals surface area contributed by atoms with Crippen LogP contribution >= 0.6 is 0 Å². The highest BCUT2D eigenvalue weighted by Crippen LogP contribution is 2.21. The number of aromatic nitrogens is 2. The molecule has 216 valence electrons. The van der Waals surface area contributed by atoms with Crippen molar-refractivity contribution >= 4 is 45.5 Å². The number of carboxylic acid groups (broad SMARTS) is 1. The third kappa shape index (κ3) is 7.12. The van der Waals surface area contributed by atoms with Crippen LogP contribution in [-0.2, 0) is 32.0 Å². The van der Waals surface area contributed by atoms with Gasteiger partial charge in [0, 0.05) is 47.0 Å². The Balaban J connectivity index is 1.50. The highest BCUT2D eigenvalue weighted by atomic mass is 16.4. The SMILES string of the molecule is CCC(C)C(N)C(=O)NCC(=O)NC(Cc1c[nH]c2ccccc12)C(=O)NC(Cc1c[nH]c2ccccc12)C(=O)O. The van der Waals surface area contributed by atoms with E-state index in [-0.39, 0.29) is 25.3 Å². The maximum atomic E-state index is 13.5. The molecule has 2 aromatic carbocycles. The lowest BCUT2D eigenvalue weighted by Gasteiger charge is -2.22. The van der Waals surface area contributed by atoms with Crippen LogP contribution in [0.4, 0.5) is 0 Å². The van der Waals surface area contributed by atoms with E-state index < -0.39 is 41.8 Å². The fourth-order valence-electron chi connectivity index (χ4n) is 4.77. The molecule has 0 aliphatic heterocycles. The normalized spacial score (nSPS) is 14.2. The average molecular weight is 561 g/mol. The van der Waals surface area contributed by atoms with E-state index in [4.69, 9.17) is 5.73 Å². The zero-order valence-corrected chi connectivity index (χ0v) is 23.1. The van der Waals surface area contributed by atoms with Gasteiger partial charge in [0.25, 0.3) is 0 Å². The van der Waals surface area contributed by atoms with Crippen molar-refractivity contribution in [2.24, 2.45) is 11.7 Å². The van der Waals surface area contributed by atoms with Crippen molar-refractivity contribution in [1.82, 2.24) is 25.9 Å². The Morgan fingerprint density at radius 1 is 0.829 bits per heavy atom. The minimum atomic E-state index is -1.24. The summed E-state index contributed by atoms with van der Waals surface area (Å²) in [4.78, 5) is 57.2. The third-order valence-electron chi connectivity index (χ3n) is 7.45. The van der Waals surface area contributed by atoms with Gasteiger partial charge in [-0.05, 0) is 29.2 Å². The highest BCUT2D eigenvalue weighted by Gasteiger charge is 2.29. The first-order chi connectivity index (χ1) is 19.7. The topological polar surface area (TPSA) is 182 Å². The van der Waals surface area contributed by atoms with Crippen LogP contribution in [0.5, 0.6) is 0 Å². The predicted molar refractivity (Wildman–Crippen MR) is 156 cm³/mol. The summed E-state index contributed by atoms with van der Waals surface area (Å²) >= 11 is 0. The summed E-state index contributed by atoms with van der Waals surface area (Å²) in [7, 11) is 0. The molecule has 0 aliphatic rings. The van der Waals surface area contributed by atoms with Crippen molar-refractivity contribution in [2.45, 2.75) is 51.2 Å². The summed E-state index contributed by atoms with van der Waals surface area (Å²) in [6.45, 7) is 3.39. The Morgan fingerprint density at radius 3 is 1.90 bits per heavy atom. The van der Waals surface area contributed by atoms with Gasteiger partial charge in [0.05, 0.1) is 12.6 Å². The molecule has 0 saturated heterocycles. The number of para-hydroxylation sites is 2. The molecule has 4 unspecified atom stereocenters. The Kier molecular flexibility index (Phi) is 9.41. The van der Waals surface area contributed by atoms with Crippen molar-refractivity contribution < 1.29 is 24.3 Å². The van der Waals surface area contributed by atoms with Crippen LogP contribution in [0, 0.1) is 5.92 Å². The number of nitrogens with one attached hydrogen (secondary N) is 5. The number of fused-ring (bicyclic) bond motifs is 2. The standard InChI is InChI=1S/C30H36N6O5/c1-3-17(2)27(31)29(39)34-16-26(37)35-24(12-18-14-32-22-10-6-4-8-20(18)22)28(38)36-25(30(40)41)13-19-15-33-23-11-7-5-9-21(19)23/h4-11,14-15,17,24-25,27,32-33H,3,12-13,16,31H2,1-2H3,(H,34,39)(H,35,37)(H,36,38)(H,40,41). The highest BCUT2D eigenvalue weighted by molar-refractivity contribution is 5.94. The smallest absolute Gasteiger partial charge is 0.326 e. The molecule has 0 spiro atoms. The molecule has 11 nitrogen and oxygen atoms in total. The monoisotopic (exact) mass is 560 g/mol. The number of rotatable bonds is 13. The Morgan fingerprint density at radius 2 is 1.37 bits per heavy atom. The summed E-state index contributed by atoms with van der Waals surface area (Å²) in [5.74, 6) is -2.98. The number of benzene rings is 2. The van der Waals surface area contributed by atoms with E-state index in [2.05, 4.69) is 25.9 Å². The van der Waals surface area contributed by atoms with Gasteiger partial charge in [-0.2, -0.15) is 0 Å². The van der Waals surface area contributed by atoms with Gasteiger partial charge >= 0.3 is 5.97 Å². The molecular formula is C30H36N6O5. The minimum Gasteiger partial charge on any atom is -0.480 e. The second kappa shape index (κ2) is 13.1. The van der Waals surface area contributed by atoms with Crippen molar-refractivity contribution in [3.63, 3.8) is 0 Å². The van der Waals surface area contributed by atoms with Gasteiger partial charge in [0.2, 0.25) is 17.7 Å². The lowest BCUT2D eigenvalue weighted by molar-refractivity contribution is -0.142. The number of hydrogen-bond acceptors (Lipinski definition) is 5. The van der Waals surface area contributed by atoms with Crippen molar-refractivity contribution in [3.05, 3.63) is 72.1 Å². The fourth-order valence-corrected chi connectivity index (χ4v) is 4.77. The maximum absolute atomic E-state index is 13.5. The molecule has 4 rings (SSSR count). The molecule has 0 saturated carbocycles. The molecule has 3 amide bonds. The Labute approximate surface area is 237 Å². The molecule has 2 aromatic heterocycles. The number of hydrogen-bond donors (Lipinski definition) is 7. The molecule has 4 aromatic rings. The van der Waals surface area contributed by atoms with E-state index in [9.17, 15) is 24.3 Å². The van der Waals surface area contributed by atoms with E-state index in [1.165, 1.54) is 0 Å². The van der Waals surface area contributed by atoms with E-state index in [0.29, 0.717) is 6.42 Å². The summed E-state index contributed by atoms with van der Waals surface area (Å²) < 4.78 is 0. The van der Waals surface area contributed by atoms with Crippen molar-refractivity contribution in [1.29, 1.82) is 0 Å². The molecular weight excluding hydrogens is 524 g/mol. The molecule has 0 radical (unpaired) electrons. The summed E-state index contributed by atoms with van der Waals surface area (Å²) in [6.07, 6.45) is 4.33. The van der Waals surface area contributed by atoms with Crippen LogP contribution in [0.2, 0.25) is 0 Å². The maximum Gasteiger partial charge on any atom is 0.326 e. The van der Waals surface area contributed by atoms with Crippen LogP contribution in [0.25, 0.3) is 21.8 Å². The van der Waals surface area contributed by atoms with Crippen LogP contribution < -0.4 is 21.7 Å². The lowest BCUT2D eigenvalue weighted by atomic mass is 9.99. The van der Waals surface area contributed by atoms with Crippen LogP contribution in [-0.4, -0.2) is 63.4 Å². The van der Waals surface area contributed by atoms with E-state index in [1.807, 2.05) is 62.4 Å². The first-order valence-electron chi connectivity index (χ1n) is 13.6. The molecule has 2 heterocycles. The molecule has 4 atom stereocenters. The number of nitrogens with two attached hydrogens (primary N) is 1. The van der Waals surface area contributed by atoms with Gasteiger partial charge in [-0.3, -0.25) is 14.4 Å². The number of aromatic amines is 2. The zero-order valence-electron chi connectivity index (χ0n) is 23.1. The summed E-state index contributed by atoms with van der Waals surface area (Å²) in [6, 6.07) is 11.9. The Bertz CT molecular complexity index is 1540. The third-order valence-corrected chi connectivity index (χ3v) is 7.45. The fraction of sp³-hybridized carbons (Fsp3) is 0.333. The number of H-pyrrole nitrogens is 2.